The fraction of sp³-hybridized carbons (Fsp3) is 0.381. The van der Waals surface area contributed by atoms with E-state index in [2.05, 4.69) is 10.3 Å². The molecule has 1 spiro atoms. The molecule has 28 heavy (non-hydrogen) atoms. The van der Waals surface area contributed by atoms with E-state index in [1.165, 1.54) is 0 Å². The predicted octanol–water partition coefficient (Wildman–Crippen LogP) is 3.53. The zero-order valence-electron chi connectivity index (χ0n) is 15.4. The highest BCUT2D eigenvalue weighted by Gasteiger charge is 2.45. The summed E-state index contributed by atoms with van der Waals surface area (Å²) in [6.07, 6.45) is 5.82. The molecule has 1 atom stereocenters. The largest absolute Gasteiger partial charge is 0.362 e. The minimum Gasteiger partial charge on any atom is -0.362 e. The van der Waals surface area contributed by atoms with Crippen molar-refractivity contribution < 1.29 is 14.3 Å². The first-order valence-electron chi connectivity index (χ1n) is 9.48. The minimum absolute atomic E-state index is 0.00962. The van der Waals surface area contributed by atoms with Gasteiger partial charge >= 0.3 is 0 Å². The van der Waals surface area contributed by atoms with Gasteiger partial charge in [0.1, 0.15) is 6.10 Å². The van der Waals surface area contributed by atoms with Crippen LogP contribution in [0.25, 0.3) is 0 Å². The lowest BCUT2D eigenvalue weighted by molar-refractivity contribution is -0.135. The van der Waals surface area contributed by atoms with E-state index in [1.54, 1.807) is 48.8 Å². The maximum Gasteiger partial charge on any atom is 0.253 e. The number of pyridine rings is 1. The first-order chi connectivity index (χ1) is 13.5. The first-order valence-corrected chi connectivity index (χ1v) is 9.86. The second-order valence-electron chi connectivity index (χ2n) is 7.36. The van der Waals surface area contributed by atoms with E-state index in [4.69, 9.17) is 16.3 Å². The van der Waals surface area contributed by atoms with Crippen LogP contribution in [0.5, 0.6) is 0 Å². The maximum atomic E-state index is 12.7. The number of hydrogen-bond acceptors (Lipinski definition) is 4. The Kier molecular flexibility index (Phi) is 5.33. The van der Waals surface area contributed by atoms with Crippen molar-refractivity contribution in [1.29, 1.82) is 0 Å². The second kappa shape index (κ2) is 7.89. The van der Waals surface area contributed by atoms with Gasteiger partial charge < -0.3 is 15.0 Å². The van der Waals surface area contributed by atoms with Gasteiger partial charge in [0.25, 0.3) is 11.8 Å². The summed E-state index contributed by atoms with van der Waals surface area (Å²) in [5.74, 6) is -0.125. The highest BCUT2D eigenvalue weighted by atomic mass is 35.5. The van der Waals surface area contributed by atoms with Crippen molar-refractivity contribution in [3.05, 3.63) is 59.4 Å². The van der Waals surface area contributed by atoms with Crippen molar-refractivity contribution in [3.8, 4) is 0 Å². The molecule has 2 saturated heterocycles. The topological polar surface area (TPSA) is 71.5 Å². The number of halogens is 1. The predicted molar refractivity (Wildman–Crippen MR) is 106 cm³/mol. The van der Waals surface area contributed by atoms with Crippen molar-refractivity contribution in [3.63, 3.8) is 0 Å². The molecule has 7 heteroatoms. The Morgan fingerprint density at radius 2 is 1.89 bits per heavy atom. The first kappa shape index (κ1) is 18.9. The van der Waals surface area contributed by atoms with E-state index >= 15 is 0 Å². The van der Waals surface area contributed by atoms with Crippen molar-refractivity contribution in [2.75, 3.05) is 18.4 Å². The average molecular weight is 400 g/mol. The van der Waals surface area contributed by atoms with Crippen LogP contribution in [0.4, 0.5) is 5.69 Å². The van der Waals surface area contributed by atoms with Gasteiger partial charge in [-0.1, -0.05) is 11.6 Å². The molecule has 0 radical (unpaired) electrons. The van der Waals surface area contributed by atoms with Gasteiger partial charge in [-0.05, 0) is 62.1 Å². The van der Waals surface area contributed by atoms with Gasteiger partial charge in [0.2, 0.25) is 0 Å². The number of rotatable bonds is 3. The highest BCUT2D eigenvalue weighted by molar-refractivity contribution is 6.30. The summed E-state index contributed by atoms with van der Waals surface area (Å²) in [6.45, 7) is 1.25. The Morgan fingerprint density at radius 3 is 2.57 bits per heavy atom. The van der Waals surface area contributed by atoms with E-state index in [-0.39, 0.29) is 17.4 Å². The molecule has 1 unspecified atom stereocenters. The molecule has 0 bridgehead atoms. The lowest BCUT2D eigenvalue weighted by Gasteiger charge is -2.39. The number of amides is 2. The molecule has 146 valence electrons. The van der Waals surface area contributed by atoms with Crippen LogP contribution < -0.4 is 5.32 Å². The number of anilines is 1. The molecule has 1 aromatic heterocycles. The number of nitrogens with zero attached hydrogens (tertiary/aromatic N) is 2. The number of hydrogen-bond donors (Lipinski definition) is 1. The summed E-state index contributed by atoms with van der Waals surface area (Å²) in [6, 6.07) is 10.5. The summed E-state index contributed by atoms with van der Waals surface area (Å²) in [7, 11) is 0. The van der Waals surface area contributed by atoms with Gasteiger partial charge in [-0.25, -0.2) is 0 Å². The van der Waals surface area contributed by atoms with Crippen LogP contribution in [0.2, 0.25) is 5.02 Å². The van der Waals surface area contributed by atoms with Crippen LogP contribution in [-0.2, 0) is 9.53 Å². The minimum atomic E-state index is -0.460. The van der Waals surface area contributed by atoms with E-state index in [9.17, 15) is 9.59 Å². The Bertz CT molecular complexity index is 849. The Labute approximate surface area is 168 Å². The number of ether oxygens (including phenoxy) is 1. The van der Waals surface area contributed by atoms with E-state index in [0.29, 0.717) is 35.8 Å². The smallest absolute Gasteiger partial charge is 0.253 e. The number of carbonyl (C=O) groups excluding carboxylic acids is 2. The lowest BCUT2D eigenvalue weighted by Crippen LogP contribution is -2.47. The molecule has 1 N–H and O–H groups in total. The molecule has 0 saturated carbocycles. The fourth-order valence-corrected chi connectivity index (χ4v) is 4.04. The summed E-state index contributed by atoms with van der Waals surface area (Å²) >= 11 is 5.90. The Balaban J connectivity index is 1.32. The van der Waals surface area contributed by atoms with Gasteiger partial charge in [0.15, 0.2) is 0 Å². The summed E-state index contributed by atoms with van der Waals surface area (Å²) in [5, 5.41) is 3.47. The van der Waals surface area contributed by atoms with Crippen LogP contribution in [0.3, 0.4) is 0 Å². The number of carbonyl (C=O) groups is 2. The van der Waals surface area contributed by atoms with Crippen molar-refractivity contribution in [2.45, 2.75) is 37.4 Å². The summed E-state index contributed by atoms with van der Waals surface area (Å²) in [5.41, 5.74) is 0.995. The molecule has 6 nitrogen and oxygen atoms in total. The molecular formula is C21H22ClN3O3. The maximum absolute atomic E-state index is 12.7. The molecule has 4 rings (SSSR count). The van der Waals surface area contributed by atoms with Crippen molar-refractivity contribution in [1.82, 2.24) is 9.88 Å². The number of nitrogens with one attached hydrogen (secondary N) is 1. The molecule has 1 aromatic carbocycles. The number of likely N-dealkylation sites (tertiary alicyclic amines) is 1. The van der Waals surface area contributed by atoms with Gasteiger partial charge in [-0.2, -0.15) is 0 Å². The van der Waals surface area contributed by atoms with Crippen LogP contribution in [0.1, 0.15) is 36.0 Å². The molecule has 2 aliphatic rings. The summed E-state index contributed by atoms with van der Waals surface area (Å²) < 4.78 is 6.19. The zero-order chi connectivity index (χ0) is 19.6. The van der Waals surface area contributed by atoms with Crippen molar-refractivity contribution in [2.24, 2.45) is 0 Å². The summed E-state index contributed by atoms with van der Waals surface area (Å²) in [4.78, 5) is 31.0. The van der Waals surface area contributed by atoms with Crippen LogP contribution in [0, 0.1) is 0 Å². The number of aromatic nitrogens is 1. The monoisotopic (exact) mass is 399 g/mol. The SMILES string of the molecule is O=C(Nc1cccnc1)C1CCC2(CCN(C(=O)c3ccc(Cl)cc3)CC2)O1. The third-order valence-corrected chi connectivity index (χ3v) is 5.78. The Morgan fingerprint density at radius 1 is 1.14 bits per heavy atom. The Hall–Kier alpha value is -2.44. The molecule has 0 aliphatic carbocycles. The number of benzene rings is 1. The van der Waals surface area contributed by atoms with Gasteiger partial charge in [-0.15, -0.1) is 0 Å². The lowest BCUT2D eigenvalue weighted by atomic mass is 9.88. The molecule has 2 aliphatic heterocycles. The molecule has 2 fully saturated rings. The molecule has 2 aromatic rings. The van der Waals surface area contributed by atoms with Crippen molar-refractivity contribution >= 4 is 29.1 Å². The van der Waals surface area contributed by atoms with Crippen LogP contribution >= 0.6 is 11.6 Å². The average Bonchev–Trinajstić information content (AvgIpc) is 3.13. The van der Waals surface area contributed by atoms with Crippen LogP contribution in [-0.4, -0.2) is 46.5 Å². The van der Waals surface area contributed by atoms with Gasteiger partial charge in [0, 0.05) is 29.9 Å². The van der Waals surface area contributed by atoms with E-state index < -0.39 is 6.10 Å². The highest BCUT2D eigenvalue weighted by Crippen LogP contribution is 2.39. The molecule has 2 amide bonds. The third-order valence-electron chi connectivity index (χ3n) is 5.53. The van der Waals surface area contributed by atoms with Gasteiger partial charge in [-0.3, -0.25) is 14.6 Å². The normalized spacial score (nSPS) is 20.9. The van der Waals surface area contributed by atoms with E-state index in [0.717, 1.165) is 19.3 Å². The fourth-order valence-electron chi connectivity index (χ4n) is 3.92. The zero-order valence-corrected chi connectivity index (χ0v) is 16.2. The molecular weight excluding hydrogens is 378 g/mol. The standard InChI is InChI=1S/C21H22ClN3O3/c22-16-5-3-15(4-6-16)20(27)25-12-9-21(10-13-25)8-7-18(28-21)19(26)24-17-2-1-11-23-14-17/h1-6,11,14,18H,7-10,12-13H2,(H,24,26). The third kappa shape index (κ3) is 4.03. The quantitative estimate of drug-likeness (QED) is 0.857. The molecule has 3 heterocycles. The van der Waals surface area contributed by atoms with Crippen LogP contribution in [0.15, 0.2) is 48.8 Å². The van der Waals surface area contributed by atoms with E-state index in [1.807, 2.05) is 4.90 Å². The number of piperidine rings is 1. The second-order valence-corrected chi connectivity index (χ2v) is 7.79. The van der Waals surface area contributed by atoms with Gasteiger partial charge in [0.05, 0.1) is 17.5 Å².